The van der Waals surface area contributed by atoms with Crippen molar-refractivity contribution in [1.29, 1.82) is 0 Å². The normalized spacial score (nSPS) is 20.1. The van der Waals surface area contributed by atoms with Crippen molar-refractivity contribution in [2.75, 3.05) is 11.9 Å². The molecule has 7 heteroatoms. The summed E-state index contributed by atoms with van der Waals surface area (Å²) in [5, 5.41) is 3.30. The highest BCUT2D eigenvalue weighted by Gasteiger charge is 2.41. The summed E-state index contributed by atoms with van der Waals surface area (Å²) in [6.07, 6.45) is 4.47. The first-order valence-electron chi connectivity index (χ1n) is 8.38. The van der Waals surface area contributed by atoms with Crippen molar-refractivity contribution in [2.24, 2.45) is 5.92 Å². The Morgan fingerprint density at radius 1 is 1.36 bits per heavy atom. The van der Waals surface area contributed by atoms with E-state index in [-0.39, 0.29) is 30.0 Å². The highest BCUT2D eigenvalue weighted by atomic mass is 32.1. The number of halogens is 1. The summed E-state index contributed by atoms with van der Waals surface area (Å²) in [4.78, 5) is 31.3. The molecule has 1 N–H and O–H groups in total. The number of nitrogens with one attached hydrogen (secondary N) is 1. The zero-order chi connectivity index (χ0) is 17.4. The molecule has 0 radical (unpaired) electrons. The third-order valence-electron chi connectivity index (χ3n) is 4.62. The van der Waals surface area contributed by atoms with E-state index in [9.17, 15) is 14.0 Å². The summed E-state index contributed by atoms with van der Waals surface area (Å²) in [5.74, 6) is -0.650. The van der Waals surface area contributed by atoms with Gasteiger partial charge in [0.05, 0.1) is 5.92 Å². The second-order valence-electron chi connectivity index (χ2n) is 6.57. The molecule has 1 saturated carbocycles. The molecule has 1 saturated heterocycles. The predicted molar refractivity (Wildman–Crippen MR) is 92.8 cm³/mol. The average molecular weight is 359 g/mol. The number of carbonyl (C=O) groups is 2. The largest absolute Gasteiger partial charge is 0.339 e. The van der Waals surface area contributed by atoms with E-state index in [1.54, 1.807) is 24.4 Å². The van der Waals surface area contributed by atoms with Gasteiger partial charge < -0.3 is 10.2 Å². The Kier molecular flexibility index (Phi) is 4.25. The fourth-order valence-corrected chi connectivity index (χ4v) is 3.97. The maximum absolute atomic E-state index is 13.7. The molecule has 2 heterocycles. The summed E-state index contributed by atoms with van der Waals surface area (Å²) >= 11 is 1.34. The summed E-state index contributed by atoms with van der Waals surface area (Å²) < 4.78 is 13.7. The van der Waals surface area contributed by atoms with E-state index < -0.39 is 0 Å². The van der Waals surface area contributed by atoms with Crippen LogP contribution in [0.4, 0.5) is 9.52 Å². The van der Waals surface area contributed by atoms with Gasteiger partial charge in [-0.2, -0.15) is 0 Å². The van der Waals surface area contributed by atoms with Crippen molar-refractivity contribution in [3.05, 3.63) is 46.7 Å². The Balaban J connectivity index is 1.37. The van der Waals surface area contributed by atoms with Crippen molar-refractivity contribution in [3.8, 4) is 0 Å². The first kappa shape index (κ1) is 16.2. The molecule has 130 valence electrons. The van der Waals surface area contributed by atoms with Gasteiger partial charge in [-0.1, -0.05) is 18.2 Å². The van der Waals surface area contributed by atoms with Crippen LogP contribution in [0.15, 0.2) is 30.5 Å². The van der Waals surface area contributed by atoms with Crippen LogP contribution in [0.5, 0.6) is 0 Å². The molecule has 0 unspecified atom stereocenters. The molecule has 2 aliphatic rings. The van der Waals surface area contributed by atoms with Crippen molar-refractivity contribution in [1.82, 2.24) is 9.88 Å². The molecule has 5 nitrogen and oxygen atoms in total. The molecule has 1 aromatic heterocycles. The Hall–Kier alpha value is -2.28. The van der Waals surface area contributed by atoms with Crippen LogP contribution in [0.3, 0.4) is 0 Å². The third kappa shape index (κ3) is 3.56. The van der Waals surface area contributed by atoms with E-state index in [0.29, 0.717) is 29.7 Å². The molecule has 1 atom stereocenters. The monoisotopic (exact) mass is 359 g/mol. The van der Waals surface area contributed by atoms with Crippen molar-refractivity contribution in [3.63, 3.8) is 0 Å². The van der Waals surface area contributed by atoms with Gasteiger partial charge in [-0.05, 0) is 24.5 Å². The topological polar surface area (TPSA) is 62.3 Å². The number of amides is 2. The van der Waals surface area contributed by atoms with Crippen LogP contribution in [-0.2, 0) is 16.0 Å². The highest BCUT2D eigenvalue weighted by molar-refractivity contribution is 7.15. The van der Waals surface area contributed by atoms with E-state index in [1.165, 1.54) is 17.4 Å². The van der Waals surface area contributed by atoms with Gasteiger partial charge in [0.1, 0.15) is 5.82 Å². The van der Waals surface area contributed by atoms with Crippen LogP contribution < -0.4 is 5.32 Å². The number of thiazole rings is 1. The molecule has 2 aromatic rings. The number of anilines is 1. The molecule has 4 rings (SSSR count). The lowest BCUT2D eigenvalue weighted by Gasteiger charge is -2.14. The fourth-order valence-electron chi connectivity index (χ4n) is 3.13. The third-order valence-corrected chi connectivity index (χ3v) is 5.54. The molecule has 25 heavy (non-hydrogen) atoms. The number of likely N-dealkylation sites (tertiary alicyclic amines) is 1. The van der Waals surface area contributed by atoms with Crippen LogP contribution in [0.2, 0.25) is 0 Å². The number of aromatic nitrogens is 1. The van der Waals surface area contributed by atoms with Gasteiger partial charge in [0.15, 0.2) is 5.13 Å². The van der Waals surface area contributed by atoms with Gasteiger partial charge in [0.25, 0.3) is 0 Å². The maximum Gasteiger partial charge on any atom is 0.231 e. The second kappa shape index (κ2) is 6.55. The van der Waals surface area contributed by atoms with Crippen LogP contribution in [0.1, 0.15) is 29.7 Å². The lowest BCUT2D eigenvalue weighted by molar-refractivity contribution is -0.128. The molecular formula is C18H18FN3O2S. The minimum atomic E-state index is -0.313. The van der Waals surface area contributed by atoms with Gasteiger partial charge in [-0.3, -0.25) is 9.59 Å². The highest BCUT2D eigenvalue weighted by Crippen LogP contribution is 2.33. The van der Waals surface area contributed by atoms with Crippen LogP contribution in [-0.4, -0.2) is 34.3 Å². The number of benzene rings is 1. The number of carbonyl (C=O) groups excluding carboxylic acids is 2. The molecule has 0 spiro atoms. The molecule has 1 aliphatic carbocycles. The molecule has 1 aromatic carbocycles. The van der Waals surface area contributed by atoms with E-state index in [2.05, 4.69) is 10.3 Å². The van der Waals surface area contributed by atoms with Crippen molar-refractivity contribution >= 4 is 28.3 Å². The minimum Gasteiger partial charge on any atom is -0.339 e. The fraction of sp³-hybridized carbons (Fsp3) is 0.389. The van der Waals surface area contributed by atoms with Gasteiger partial charge in [-0.25, -0.2) is 9.37 Å². The van der Waals surface area contributed by atoms with Gasteiger partial charge in [0.2, 0.25) is 11.8 Å². The minimum absolute atomic E-state index is 0.0713. The molecule has 2 amide bonds. The SMILES string of the molecule is O=C(Nc1ncc(Cc2ccccc2F)s1)[C@@H]1CC(=O)N(C2CC2)C1. The Labute approximate surface area is 148 Å². The summed E-state index contributed by atoms with van der Waals surface area (Å²) in [6, 6.07) is 6.97. The quantitative estimate of drug-likeness (QED) is 0.893. The molecular weight excluding hydrogens is 341 g/mol. The van der Waals surface area contributed by atoms with Gasteiger partial charge >= 0.3 is 0 Å². The second-order valence-corrected chi connectivity index (χ2v) is 7.68. The zero-order valence-corrected chi connectivity index (χ0v) is 14.4. The van der Waals surface area contributed by atoms with Gasteiger partial charge in [-0.15, -0.1) is 11.3 Å². The Morgan fingerprint density at radius 3 is 2.92 bits per heavy atom. The number of nitrogens with zero attached hydrogens (tertiary/aromatic N) is 2. The van der Waals surface area contributed by atoms with E-state index >= 15 is 0 Å². The standard InChI is InChI=1S/C18H18FN3O2S/c19-15-4-2-1-3-11(15)7-14-9-20-18(25-14)21-17(24)12-8-16(23)22(10-12)13-5-6-13/h1-4,9,12-13H,5-8,10H2,(H,20,21,24)/t12-/m1/s1. The Morgan fingerprint density at radius 2 is 2.16 bits per heavy atom. The molecule has 0 bridgehead atoms. The maximum atomic E-state index is 13.7. The van der Waals surface area contributed by atoms with Crippen LogP contribution in [0, 0.1) is 11.7 Å². The van der Waals surface area contributed by atoms with Crippen LogP contribution >= 0.6 is 11.3 Å². The summed E-state index contributed by atoms with van der Waals surface area (Å²) in [6.45, 7) is 0.503. The lowest BCUT2D eigenvalue weighted by atomic mass is 10.1. The summed E-state index contributed by atoms with van der Waals surface area (Å²) in [7, 11) is 0. The van der Waals surface area contributed by atoms with E-state index in [0.717, 1.165) is 17.7 Å². The number of hydrogen-bond acceptors (Lipinski definition) is 4. The molecule has 1 aliphatic heterocycles. The first-order chi connectivity index (χ1) is 12.1. The van der Waals surface area contributed by atoms with Crippen LogP contribution in [0.25, 0.3) is 0 Å². The van der Waals surface area contributed by atoms with Crippen molar-refractivity contribution in [2.45, 2.75) is 31.7 Å². The lowest BCUT2D eigenvalue weighted by Crippen LogP contribution is -2.29. The zero-order valence-electron chi connectivity index (χ0n) is 13.6. The van der Waals surface area contributed by atoms with Crippen molar-refractivity contribution < 1.29 is 14.0 Å². The predicted octanol–water partition coefficient (Wildman–Crippen LogP) is 2.82. The smallest absolute Gasteiger partial charge is 0.231 e. The van der Waals surface area contributed by atoms with Gasteiger partial charge in [0, 0.05) is 36.5 Å². The number of rotatable bonds is 5. The average Bonchev–Trinajstić information content (AvgIpc) is 3.22. The number of hydrogen-bond donors (Lipinski definition) is 1. The van der Waals surface area contributed by atoms with E-state index in [1.807, 2.05) is 4.90 Å². The summed E-state index contributed by atoms with van der Waals surface area (Å²) in [5.41, 5.74) is 0.602. The Bertz CT molecular complexity index is 818. The molecule has 2 fully saturated rings. The van der Waals surface area contributed by atoms with E-state index in [4.69, 9.17) is 0 Å². The first-order valence-corrected chi connectivity index (χ1v) is 9.20.